The number of urea groups is 1. The fourth-order valence-electron chi connectivity index (χ4n) is 2.50. The van der Waals surface area contributed by atoms with Gasteiger partial charge in [0.1, 0.15) is 6.33 Å². The Kier molecular flexibility index (Phi) is 4.94. The van der Waals surface area contributed by atoms with Crippen LogP contribution in [0.2, 0.25) is 0 Å². The topological polar surface area (TPSA) is 88.0 Å². The number of hydrogen-bond acceptors (Lipinski definition) is 3. The smallest absolute Gasteiger partial charge is 0.328 e. The Morgan fingerprint density at radius 2 is 1.84 bits per heavy atom. The maximum Gasteiger partial charge on any atom is 0.334 e. The fraction of sp³-hybridized carbons (Fsp3) is 0.167. The molecule has 25 heavy (non-hydrogen) atoms. The normalized spacial score (nSPS) is 10.4. The zero-order valence-electron chi connectivity index (χ0n) is 13.8. The summed E-state index contributed by atoms with van der Waals surface area (Å²) in [6.45, 7) is 1.89. The molecule has 0 radical (unpaired) electrons. The zero-order valence-corrected chi connectivity index (χ0v) is 13.8. The van der Waals surface area contributed by atoms with E-state index in [-0.39, 0.29) is 12.5 Å². The third kappa shape index (κ3) is 3.95. The van der Waals surface area contributed by atoms with Crippen LogP contribution in [-0.2, 0) is 11.2 Å². The molecular weight excluding hydrogens is 318 g/mol. The highest BCUT2D eigenvalue weighted by Gasteiger charge is 2.09. The molecule has 0 aliphatic rings. The van der Waals surface area contributed by atoms with Crippen LogP contribution >= 0.6 is 0 Å². The van der Waals surface area contributed by atoms with Crippen LogP contribution in [0, 0.1) is 0 Å². The number of aromatic nitrogens is 2. The number of anilines is 1. The van der Waals surface area contributed by atoms with Gasteiger partial charge in [-0.15, -0.1) is 0 Å². The Morgan fingerprint density at radius 3 is 2.68 bits per heavy atom. The number of amides is 3. The molecule has 7 nitrogen and oxygen atoms in total. The van der Waals surface area contributed by atoms with Gasteiger partial charge in [-0.2, -0.15) is 0 Å². The maximum absolute atomic E-state index is 12.0. The van der Waals surface area contributed by atoms with Gasteiger partial charge < -0.3 is 10.6 Å². The van der Waals surface area contributed by atoms with E-state index in [1.807, 2.05) is 55.5 Å². The van der Waals surface area contributed by atoms with Gasteiger partial charge >= 0.3 is 6.03 Å². The van der Waals surface area contributed by atoms with Gasteiger partial charge in [0.05, 0.1) is 17.6 Å². The molecule has 0 saturated carbocycles. The summed E-state index contributed by atoms with van der Waals surface area (Å²) in [4.78, 5) is 28.2. The van der Waals surface area contributed by atoms with Gasteiger partial charge in [0.2, 0.25) is 5.91 Å². The van der Waals surface area contributed by atoms with Crippen molar-refractivity contribution in [1.29, 1.82) is 0 Å². The minimum atomic E-state index is -0.484. The van der Waals surface area contributed by atoms with Crippen molar-refractivity contribution in [2.45, 2.75) is 13.3 Å². The molecule has 2 aromatic carbocycles. The number of para-hydroxylation sites is 3. The van der Waals surface area contributed by atoms with Crippen molar-refractivity contribution >= 4 is 28.7 Å². The first-order valence-corrected chi connectivity index (χ1v) is 8.02. The number of fused-ring (bicyclic) bond motifs is 1. The van der Waals surface area contributed by atoms with Crippen LogP contribution < -0.4 is 16.1 Å². The predicted molar refractivity (Wildman–Crippen MR) is 96.9 cm³/mol. The lowest BCUT2D eigenvalue weighted by Crippen LogP contribution is -2.38. The number of nitrogens with zero attached hydrogens (tertiary/aromatic N) is 2. The van der Waals surface area contributed by atoms with E-state index < -0.39 is 6.03 Å². The number of hydrogen-bond donors (Lipinski definition) is 3. The molecule has 0 aliphatic heterocycles. The average molecular weight is 337 g/mol. The lowest BCUT2D eigenvalue weighted by atomic mass is 10.1. The molecule has 3 rings (SSSR count). The number of carbonyl (C=O) groups excluding carboxylic acids is 2. The second-order valence-corrected chi connectivity index (χ2v) is 5.46. The number of carbonyl (C=O) groups is 2. The summed E-state index contributed by atoms with van der Waals surface area (Å²) in [6.07, 6.45) is 2.33. The first-order chi connectivity index (χ1) is 12.2. The molecule has 1 aromatic heterocycles. The molecule has 0 fully saturated rings. The van der Waals surface area contributed by atoms with Crippen LogP contribution in [0.4, 0.5) is 10.5 Å². The minimum absolute atomic E-state index is 0.128. The number of benzene rings is 2. The van der Waals surface area contributed by atoms with Gasteiger partial charge in [-0.3, -0.25) is 4.79 Å². The van der Waals surface area contributed by atoms with Gasteiger partial charge in [0.15, 0.2) is 0 Å². The van der Waals surface area contributed by atoms with E-state index in [0.29, 0.717) is 0 Å². The van der Waals surface area contributed by atoms with E-state index in [9.17, 15) is 9.59 Å². The first kappa shape index (κ1) is 16.5. The molecule has 7 heteroatoms. The fourth-order valence-corrected chi connectivity index (χ4v) is 2.50. The molecule has 0 bridgehead atoms. The largest absolute Gasteiger partial charge is 0.334 e. The molecule has 0 aliphatic carbocycles. The summed E-state index contributed by atoms with van der Waals surface area (Å²) in [7, 11) is 0. The van der Waals surface area contributed by atoms with Crippen molar-refractivity contribution < 1.29 is 9.59 Å². The second-order valence-electron chi connectivity index (χ2n) is 5.46. The second kappa shape index (κ2) is 7.48. The number of nitrogens with one attached hydrogen (secondary N) is 3. The van der Waals surface area contributed by atoms with Crippen molar-refractivity contribution in [3.8, 4) is 0 Å². The molecular formula is C18H19N5O2. The van der Waals surface area contributed by atoms with Crippen molar-refractivity contribution in [3.63, 3.8) is 0 Å². The van der Waals surface area contributed by atoms with E-state index in [4.69, 9.17) is 0 Å². The van der Waals surface area contributed by atoms with Crippen LogP contribution in [0.15, 0.2) is 54.9 Å². The molecule has 3 aromatic rings. The summed E-state index contributed by atoms with van der Waals surface area (Å²) in [5, 5.41) is 5.34. The average Bonchev–Trinajstić information content (AvgIpc) is 3.03. The highest BCUT2D eigenvalue weighted by Crippen LogP contribution is 2.15. The Balaban J connectivity index is 1.54. The summed E-state index contributed by atoms with van der Waals surface area (Å²) < 4.78 is 1.51. The van der Waals surface area contributed by atoms with Gasteiger partial charge in [-0.05, 0) is 30.2 Å². The summed E-state index contributed by atoms with van der Waals surface area (Å²) in [5.74, 6) is -0.286. The number of imidazole rings is 1. The van der Waals surface area contributed by atoms with Crippen LogP contribution in [0.3, 0.4) is 0 Å². The van der Waals surface area contributed by atoms with E-state index in [1.54, 1.807) is 0 Å². The Bertz CT molecular complexity index is 903. The lowest BCUT2D eigenvalue weighted by molar-refractivity contribution is -0.115. The van der Waals surface area contributed by atoms with Gasteiger partial charge in [0, 0.05) is 5.69 Å². The van der Waals surface area contributed by atoms with Gasteiger partial charge in [0.25, 0.3) is 0 Å². The van der Waals surface area contributed by atoms with Crippen LogP contribution in [0.5, 0.6) is 0 Å². The highest BCUT2D eigenvalue weighted by molar-refractivity contribution is 5.96. The summed E-state index contributed by atoms with van der Waals surface area (Å²) in [6, 6.07) is 14.5. The van der Waals surface area contributed by atoms with E-state index in [2.05, 4.69) is 21.0 Å². The third-order valence-corrected chi connectivity index (χ3v) is 3.76. The van der Waals surface area contributed by atoms with Gasteiger partial charge in [-0.1, -0.05) is 37.3 Å². The van der Waals surface area contributed by atoms with Crippen molar-refractivity contribution in [1.82, 2.24) is 15.0 Å². The third-order valence-electron chi connectivity index (χ3n) is 3.76. The first-order valence-electron chi connectivity index (χ1n) is 8.02. The minimum Gasteiger partial charge on any atom is -0.328 e. The number of aryl methyl sites for hydroxylation is 1. The molecule has 0 atom stereocenters. The quantitative estimate of drug-likeness (QED) is 0.668. The van der Waals surface area contributed by atoms with Crippen molar-refractivity contribution in [2.24, 2.45) is 0 Å². The van der Waals surface area contributed by atoms with Crippen LogP contribution in [0.1, 0.15) is 12.5 Å². The maximum atomic E-state index is 12.0. The number of rotatable bonds is 5. The zero-order chi connectivity index (χ0) is 17.6. The Labute approximate surface area is 145 Å². The van der Waals surface area contributed by atoms with Crippen molar-refractivity contribution in [3.05, 3.63) is 60.4 Å². The summed E-state index contributed by atoms with van der Waals surface area (Å²) >= 11 is 0. The molecule has 3 amide bonds. The lowest BCUT2D eigenvalue weighted by Gasteiger charge is -2.11. The molecule has 3 N–H and O–H groups in total. The monoisotopic (exact) mass is 337 g/mol. The molecule has 0 spiro atoms. The summed E-state index contributed by atoms with van der Waals surface area (Å²) in [5.41, 5.74) is 5.99. The van der Waals surface area contributed by atoms with E-state index in [1.165, 1.54) is 11.0 Å². The SMILES string of the molecule is CCc1ccccc1NC(=O)CNC(=O)Nn1cnc2ccccc21. The standard InChI is InChI=1S/C18H19N5O2/c1-2-13-7-3-4-8-14(13)21-17(24)11-19-18(25)22-23-12-20-15-9-5-6-10-16(15)23/h3-10,12H,2,11H2,1H3,(H,21,24)(H2,19,22,25). The predicted octanol–water partition coefficient (Wildman–Crippen LogP) is 2.49. The molecule has 0 unspecified atom stereocenters. The van der Waals surface area contributed by atoms with E-state index in [0.717, 1.165) is 28.7 Å². The molecule has 0 saturated heterocycles. The van der Waals surface area contributed by atoms with Gasteiger partial charge in [-0.25, -0.2) is 19.9 Å². The molecule has 128 valence electrons. The molecule has 1 heterocycles. The van der Waals surface area contributed by atoms with E-state index >= 15 is 0 Å². The Hall–Kier alpha value is -3.35. The highest BCUT2D eigenvalue weighted by atomic mass is 16.2. The van der Waals surface area contributed by atoms with Crippen LogP contribution in [0.25, 0.3) is 11.0 Å². The van der Waals surface area contributed by atoms with Crippen molar-refractivity contribution in [2.75, 3.05) is 17.3 Å². The Morgan fingerprint density at radius 1 is 1.08 bits per heavy atom. The van der Waals surface area contributed by atoms with Crippen LogP contribution in [-0.4, -0.2) is 28.1 Å².